The van der Waals surface area contributed by atoms with Crippen molar-refractivity contribution in [3.8, 4) is 0 Å². The van der Waals surface area contributed by atoms with E-state index in [4.69, 9.17) is 16.7 Å². The molecule has 0 spiro atoms. The van der Waals surface area contributed by atoms with E-state index < -0.39 is 5.97 Å². The lowest BCUT2D eigenvalue weighted by atomic mass is 10.2. The van der Waals surface area contributed by atoms with Gasteiger partial charge in [-0.1, -0.05) is 25.4 Å². The molecular weight excluding hydrogens is 330 g/mol. The number of anilines is 1. The molecule has 0 saturated heterocycles. The van der Waals surface area contributed by atoms with Crippen LogP contribution in [0.15, 0.2) is 24.3 Å². The number of aromatic nitrogens is 2. The number of nitrogens with zero attached hydrogens (tertiary/aromatic N) is 2. The van der Waals surface area contributed by atoms with Gasteiger partial charge < -0.3 is 10.4 Å². The molecule has 0 radical (unpaired) electrons. The molecule has 0 saturated carbocycles. The van der Waals surface area contributed by atoms with Crippen LogP contribution in [0.2, 0.25) is 5.02 Å². The van der Waals surface area contributed by atoms with Crippen LogP contribution in [-0.2, 0) is 0 Å². The molecule has 2 aromatic rings. The van der Waals surface area contributed by atoms with E-state index in [9.17, 15) is 9.59 Å². The Bertz CT molecular complexity index is 766. The number of hydrogen-bond donors (Lipinski definition) is 2. The molecular formula is C17H20ClN3O3. The van der Waals surface area contributed by atoms with Gasteiger partial charge in [-0.3, -0.25) is 9.48 Å². The summed E-state index contributed by atoms with van der Waals surface area (Å²) in [4.78, 5) is 23.3. The minimum absolute atomic E-state index is 0.0106. The monoisotopic (exact) mass is 349 g/mol. The first-order valence-corrected chi connectivity index (χ1v) is 8.15. The Morgan fingerprint density at radius 3 is 2.50 bits per heavy atom. The number of carboxylic acids is 1. The molecule has 0 bridgehead atoms. The maximum atomic E-state index is 12.4. The first kappa shape index (κ1) is 18.0. The van der Waals surface area contributed by atoms with E-state index in [1.54, 1.807) is 6.07 Å². The van der Waals surface area contributed by atoms with Gasteiger partial charge in [0.15, 0.2) is 5.69 Å². The molecule has 2 N–H and O–H groups in total. The molecule has 1 amide bonds. The van der Waals surface area contributed by atoms with Gasteiger partial charge in [0.05, 0.1) is 16.6 Å². The molecule has 1 aromatic carbocycles. The van der Waals surface area contributed by atoms with Crippen molar-refractivity contribution in [1.29, 1.82) is 0 Å². The molecule has 7 heteroatoms. The SMILES string of the molecule is CCC(CC)n1nc(C(=O)Nc2ccc(C(=O)O)c(Cl)c2)cc1C. The zero-order valence-electron chi connectivity index (χ0n) is 13.8. The number of carbonyl (C=O) groups is 2. The van der Waals surface area contributed by atoms with Crippen molar-refractivity contribution < 1.29 is 14.7 Å². The Balaban J connectivity index is 2.20. The number of benzene rings is 1. The summed E-state index contributed by atoms with van der Waals surface area (Å²) in [6, 6.07) is 6.26. The van der Waals surface area contributed by atoms with Crippen LogP contribution in [0.5, 0.6) is 0 Å². The van der Waals surface area contributed by atoms with Crippen molar-refractivity contribution in [2.24, 2.45) is 0 Å². The highest BCUT2D eigenvalue weighted by molar-refractivity contribution is 6.33. The van der Waals surface area contributed by atoms with Gasteiger partial charge in [-0.2, -0.15) is 5.10 Å². The largest absolute Gasteiger partial charge is 0.478 e. The standard InChI is InChI=1S/C17H20ClN3O3/c1-4-12(5-2)21-10(3)8-15(20-21)16(22)19-11-6-7-13(17(23)24)14(18)9-11/h6-9,12H,4-5H2,1-3H3,(H,19,22)(H,23,24). The molecule has 0 unspecified atom stereocenters. The Morgan fingerprint density at radius 1 is 1.29 bits per heavy atom. The third-order valence-electron chi connectivity index (χ3n) is 3.90. The lowest BCUT2D eigenvalue weighted by molar-refractivity contribution is 0.0697. The number of halogens is 1. The van der Waals surface area contributed by atoms with Crippen LogP contribution < -0.4 is 5.32 Å². The second-order valence-corrected chi connectivity index (χ2v) is 5.95. The summed E-state index contributed by atoms with van der Waals surface area (Å²) < 4.78 is 1.87. The fourth-order valence-corrected chi connectivity index (χ4v) is 2.83. The number of hydrogen-bond acceptors (Lipinski definition) is 3. The van der Waals surface area contributed by atoms with Crippen molar-refractivity contribution in [1.82, 2.24) is 9.78 Å². The highest BCUT2D eigenvalue weighted by Crippen LogP contribution is 2.22. The molecule has 24 heavy (non-hydrogen) atoms. The number of nitrogens with one attached hydrogen (secondary N) is 1. The predicted molar refractivity (Wildman–Crippen MR) is 92.9 cm³/mol. The molecule has 1 aromatic heterocycles. The summed E-state index contributed by atoms with van der Waals surface area (Å²) in [6.07, 6.45) is 1.87. The summed E-state index contributed by atoms with van der Waals surface area (Å²) in [5.41, 5.74) is 1.65. The number of amides is 1. The summed E-state index contributed by atoms with van der Waals surface area (Å²) in [5.74, 6) is -1.47. The van der Waals surface area contributed by atoms with Crippen molar-refractivity contribution in [2.45, 2.75) is 39.7 Å². The molecule has 0 aliphatic heterocycles. The number of rotatable bonds is 6. The minimum atomic E-state index is -1.11. The van der Waals surface area contributed by atoms with Crippen LogP contribution in [0.3, 0.4) is 0 Å². The molecule has 0 atom stereocenters. The maximum absolute atomic E-state index is 12.4. The summed E-state index contributed by atoms with van der Waals surface area (Å²) in [7, 11) is 0. The van der Waals surface area contributed by atoms with Crippen LogP contribution in [0.4, 0.5) is 5.69 Å². The smallest absolute Gasteiger partial charge is 0.337 e. The molecule has 0 fully saturated rings. The third-order valence-corrected chi connectivity index (χ3v) is 4.21. The highest BCUT2D eigenvalue weighted by atomic mass is 35.5. The zero-order chi connectivity index (χ0) is 17.9. The average Bonchev–Trinajstić information content (AvgIpc) is 2.90. The molecule has 0 aliphatic carbocycles. The molecule has 128 valence electrons. The Kier molecular flexibility index (Phi) is 5.62. The Labute approximate surface area is 145 Å². The molecule has 0 aliphatic rings. The highest BCUT2D eigenvalue weighted by Gasteiger charge is 2.17. The normalized spacial score (nSPS) is 10.9. The van der Waals surface area contributed by atoms with Gasteiger partial charge in [0, 0.05) is 11.4 Å². The van der Waals surface area contributed by atoms with Gasteiger partial charge in [0.1, 0.15) is 0 Å². The van der Waals surface area contributed by atoms with Crippen LogP contribution in [-0.4, -0.2) is 26.8 Å². The number of carbonyl (C=O) groups excluding carboxylic acids is 1. The lowest BCUT2D eigenvalue weighted by Gasteiger charge is -2.14. The fourth-order valence-electron chi connectivity index (χ4n) is 2.56. The van der Waals surface area contributed by atoms with Gasteiger partial charge in [0.2, 0.25) is 0 Å². The number of carboxylic acid groups (broad SMARTS) is 1. The quantitative estimate of drug-likeness (QED) is 0.820. The van der Waals surface area contributed by atoms with Crippen LogP contribution in [0, 0.1) is 6.92 Å². The Morgan fingerprint density at radius 2 is 1.96 bits per heavy atom. The number of aryl methyl sites for hydroxylation is 1. The molecule has 2 rings (SSSR count). The van der Waals surface area contributed by atoms with Crippen molar-refractivity contribution in [3.05, 3.63) is 46.2 Å². The van der Waals surface area contributed by atoms with Gasteiger partial charge in [-0.25, -0.2) is 4.79 Å². The Hall–Kier alpha value is -2.34. The van der Waals surface area contributed by atoms with E-state index in [2.05, 4.69) is 24.3 Å². The maximum Gasteiger partial charge on any atom is 0.337 e. The van der Waals surface area contributed by atoms with E-state index in [1.165, 1.54) is 18.2 Å². The minimum Gasteiger partial charge on any atom is -0.478 e. The fraction of sp³-hybridized carbons (Fsp3) is 0.353. The second kappa shape index (κ2) is 7.49. The summed E-state index contributed by atoms with van der Waals surface area (Å²) in [5, 5.41) is 16.1. The summed E-state index contributed by atoms with van der Waals surface area (Å²) in [6.45, 7) is 6.09. The van der Waals surface area contributed by atoms with E-state index in [-0.39, 0.29) is 22.5 Å². The van der Waals surface area contributed by atoms with Crippen molar-refractivity contribution in [3.63, 3.8) is 0 Å². The van der Waals surface area contributed by atoms with Gasteiger partial charge in [0.25, 0.3) is 5.91 Å². The third kappa shape index (κ3) is 3.76. The van der Waals surface area contributed by atoms with Crippen molar-refractivity contribution >= 4 is 29.2 Å². The first-order chi connectivity index (χ1) is 11.4. The number of aromatic carboxylic acids is 1. The predicted octanol–water partition coefficient (Wildman–Crippen LogP) is 4.16. The van der Waals surface area contributed by atoms with Gasteiger partial charge in [-0.05, 0) is 44.0 Å². The van der Waals surface area contributed by atoms with Gasteiger partial charge >= 0.3 is 5.97 Å². The van der Waals surface area contributed by atoms with Crippen LogP contribution in [0.1, 0.15) is 59.3 Å². The van der Waals surface area contributed by atoms with E-state index in [0.717, 1.165) is 18.5 Å². The molecule has 1 heterocycles. The van der Waals surface area contributed by atoms with Crippen LogP contribution in [0.25, 0.3) is 0 Å². The van der Waals surface area contributed by atoms with E-state index >= 15 is 0 Å². The first-order valence-electron chi connectivity index (χ1n) is 7.77. The molecule has 6 nitrogen and oxygen atoms in total. The van der Waals surface area contributed by atoms with Crippen molar-refractivity contribution in [2.75, 3.05) is 5.32 Å². The topological polar surface area (TPSA) is 84.2 Å². The van der Waals surface area contributed by atoms with E-state index in [0.29, 0.717) is 11.4 Å². The average molecular weight is 350 g/mol. The summed E-state index contributed by atoms with van der Waals surface area (Å²) >= 11 is 5.91. The van der Waals surface area contributed by atoms with Crippen LogP contribution >= 0.6 is 11.6 Å². The lowest BCUT2D eigenvalue weighted by Crippen LogP contribution is -2.15. The van der Waals surface area contributed by atoms with Gasteiger partial charge in [-0.15, -0.1) is 0 Å². The van der Waals surface area contributed by atoms with E-state index in [1.807, 2.05) is 11.6 Å². The second-order valence-electron chi connectivity index (χ2n) is 5.54. The zero-order valence-corrected chi connectivity index (χ0v) is 14.6.